The molecule has 0 saturated heterocycles. The number of hydrogen-bond donors (Lipinski definition) is 10. The molecule has 0 saturated carbocycles. The average molecular weight is 1530 g/mol. The lowest BCUT2D eigenvalue weighted by atomic mass is 9.73. The van der Waals surface area contributed by atoms with Gasteiger partial charge in [-0.1, -0.05) is 379 Å². The number of phenolic OH excluding ortho intramolecular Hbond substituents is 3. The lowest BCUT2D eigenvalue weighted by Crippen LogP contribution is -2.21. The lowest BCUT2D eigenvalue weighted by Gasteiger charge is -2.31. The van der Waals surface area contributed by atoms with E-state index < -0.39 is 0 Å². The first kappa shape index (κ1) is 121. The summed E-state index contributed by atoms with van der Waals surface area (Å²) >= 11 is 0. The molecule has 0 amide bonds. The Hall–Kier alpha value is -7.49. The summed E-state index contributed by atoms with van der Waals surface area (Å²) in [6.45, 7) is 56.7. The molecule has 13 nitrogen and oxygen atoms in total. The van der Waals surface area contributed by atoms with Gasteiger partial charge in [-0.3, -0.25) is 0 Å². The van der Waals surface area contributed by atoms with Crippen molar-refractivity contribution in [3.8, 4) is 17.2 Å². The normalized spacial score (nSPS) is 17.2. The topological polar surface area (TPSA) is 233 Å². The highest BCUT2D eigenvalue weighted by atomic mass is 16.3. The molecule has 6 aliphatic rings. The highest BCUT2D eigenvalue weighted by molar-refractivity contribution is 5.45. The van der Waals surface area contributed by atoms with E-state index in [4.69, 9.17) is 15.3 Å². The number of aliphatic hydroxyl groups excluding tert-OH is 6. The highest BCUT2D eigenvalue weighted by Gasteiger charge is 2.30. The van der Waals surface area contributed by atoms with Gasteiger partial charge in [0, 0.05) is 35.6 Å². The minimum atomic E-state index is -0.341. The van der Waals surface area contributed by atoms with Crippen LogP contribution in [0.3, 0.4) is 0 Å². The van der Waals surface area contributed by atoms with Gasteiger partial charge in [-0.15, -0.1) is 0 Å². The molecule has 10 rings (SSSR count). The number of rotatable bonds is 12. The molecular formula is C97H168N4O9. The van der Waals surface area contributed by atoms with Gasteiger partial charge in [-0.25, -0.2) is 4.98 Å². The van der Waals surface area contributed by atoms with E-state index in [0.29, 0.717) is 55.8 Å². The summed E-state index contributed by atoms with van der Waals surface area (Å²) in [6.07, 6.45) is 44.3. The number of aliphatic hydroxyl groups is 6. The molecule has 0 radical (unpaired) electrons. The fraction of sp³-hybridized carbons (Fsp3) is 0.536. The van der Waals surface area contributed by atoms with Gasteiger partial charge < -0.3 is 51.3 Å². The van der Waals surface area contributed by atoms with Crippen molar-refractivity contribution < 1.29 is 46.0 Å². The molecule has 0 aliphatic heterocycles. The molecule has 1 heterocycles. The first-order valence-corrected chi connectivity index (χ1v) is 40.4. The maximum absolute atomic E-state index is 9.44. The fourth-order valence-electron chi connectivity index (χ4n) is 9.60. The van der Waals surface area contributed by atoms with E-state index in [-0.39, 0.29) is 75.1 Å². The Bertz CT molecular complexity index is 2660. The van der Waals surface area contributed by atoms with Crippen LogP contribution in [0.25, 0.3) is 0 Å². The zero-order valence-corrected chi connectivity index (χ0v) is 72.1. The molecule has 3 aromatic carbocycles. The molecule has 4 aromatic rings. The van der Waals surface area contributed by atoms with E-state index in [9.17, 15) is 30.6 Å². The second kappa shape index (κ2) is 78.2. The van der Waals surface area contributed by atoms with Gasteiger partial charge in [0.25, 0.3) is 0 Å². The van der Waals surface area contributed by atoms with Crippen molar-refractivity contribution in [3.63, 3.8) is 0 Å². The van der Waals surface area contributed by atoms with E-state index >= 15 is 0 Å². The number of hydrogen-bond acceptors (Lipinski definition) is 13. The quantitative estimate of drug-likeness (QED) is 0.0637. The van der Waals surface area contributed by atoms with Gasteiger partial charge in [-0.2, -0.15) is 9.97 Å². The summed E-state index contributed by atoms with van der Waals surface area (Å²) in [7, 11) is 0. The number of aromatic hydroxyl groups is 3. The lowest BCUT2D eigenvalue weighted by molar-refractivity contribution is 0.222. The van der Waals surface area contributed by atoms with Gasteiger partial charge in [0.15, 0.2) is 0 Å². The average Bonchev–Trinajstić information content (AvgIpc) is 0.820. The van der Waals surface area contributed by atoms with Crippen LogP contribution in [-0.2, 0) is 12.8 Å². The summed E-state index contributed by atoms with van der Waals surface area (Å²) < 4.78 is 0. The van der Waals surface area contributed by atoms with Gasteiger partial charge >= 0.3 is 0 Å². The molecule has 1 aromatic heterocycles. The Morgan fingerprint density at radius 1 is 0.309 bits per heavy atom. The molecule has 6 aliphatic carbocycles. The van der Waals surface area contributed by atoms with Gasteiger partial charge in [0.1, 0.15) is 28.9 Å². The van der Waals surface area contributed by atoms with Crippen LogP contribution in [0.2, 0.25) is 0 Å². The van der Waals surface area contributed by atoms with E-state index in [1.807, 2.05) is 195 Å². The van der Waals surface area contributed by atoms with E-state index in [0.717, 1.165) is 49.8 Å². The van der Waals surface area contributed by atoms with Crippen LogP contribution < -0.4 is 5.32 Å². The van der Waals surface area contributed by atoms with Gasteiger partial charge in [0.2, 0.25) is 5.95 Å². The summed E-state index contributed by atoms with van der Waals surface area (Å²) in [5.74, 6) is 3.51. The molecule has 0 bridgehead atoms. The Morgan fingerprint density at radius 3 is 0.600 bits per heavy atom. The highest BCUT2D eigenvalue weighted by Crippen LogP contribution is 2.42. The number of aromatic nitrogens is 3. The summed E-state index contributed by atoms with van der Waals surface area (Å²) in [5, 5.41) is 85.7. The number of nitrogens with one attached hydrogen (secondary N) is 1. The second-order valence-electron chi connectivity index (χ2n) is 24.7. The van der Waals surface area contributed by atoms with Gasteiger partial charge in [-0.05, 0) is 128 Å². The first-order valence-electron chi connectivity index (χ1n) is 40.4. The largest absolute Gasteiger partial charge is 0.508 e. The fourth-order valence-corrected chi connectivity index (χ4v) is 9.60. The minimum Gasteiger partial charge on any atom is -0.508 e. The summed E-state index contributed by atoms with van der Waals surface area (Å²) in [5.41, 5.74) is 7.20. The number of allylic oxidation sites excluding steroid dienone is 12. The smallest absolute Gasteiger partial charge is 0.226 e. The van der Waals surface area contributed by atoms with Crippen LogP contribution >= 0.6 is 0 Å². The van der Waals surface area contributed by atoms with Crippen molar-refractivity contribution >= 4 is 5.95 Å². The van der Waals surface area contributed by atoms with Crippen LogP contribution in [0.4, 0.5) is 5.95 Å². The van der Waals surface area contributed by atoms with E-state index in [2.05, 4.69) is 140 Å². The van der Waals surface area contributed by atoms with Crippen molar-refractivity contribution in [1.82, 2.24) is 15.0 Å². The molecule has 110 heavy (non-hydrogen) atoms. The number of benzene rings is 3. The predicted molar refractivity (Wildman–Crippen MR) is 486 cm³/mol. The zero-order valence-electron chi connectivity index (χ0n) is 72.1. The van der Waals surface area contributed by atoms with Crippen molar-refractivity contribution in [1.29, 1.82) is 0 Å². The summed E-state index contributed by atoms with van der Waals surface area (Å²) in [4.78, 5) is 13.2. The van der Waals surface area contributed by atoms with Crippen molar-refractivity contribution in [2.45, 2.75) is 323 Å². The van der Waals surface area contributed by atoms with Crippen molar-refractivity contribution in [2.24, 2.45) is 16.2 Å². The molecule has 13 heteroatoms. The molecule has 0 spiro atoms. The third-order valence-electron chi connectivity index (χ3n) is 15.1. The number of anilines is 1. The number of aryl methyl sites for hydroxylation is 2. The number of para-hydroxylation sites is 3. The maximum atomic E-state index is 9.44. The Morgan fingerprint density at radius 2 is 0.482 bits per heavy atom. The van der Waals surface area contributed by atoms with Crippen LogP contribution in [-0.4, -0.2) is 104 Å². The van der Waals surface area contributed by atoms with E-state index in [1.54, 1.807) is 72.8 Å². The van der Waals surface area contributed by atoms with Crippen LogP contribution in [0.1, 0.15) is 285 Å². The van der Waals surface area contributed by atoms with Crippen molar-refractivity contribution in [3.05, 3.63) is 245 Å². The molecule has 10 N–H and O–H groups in total. The minimum absolute atomic E-state index is 0. The molecular weight excluding hydrogens is 1370 g/mol. The predicted octanol–water partition coefficient (Wildman–Crippen LogP) is 25.8. The molecule has 630 valence electrons. The van der Waals surface area contributed by atoms with Crippen molar-refractivity contribution in [2.75, 3.05) is 11.9 Å². The van der Waals surface area contributed by atoms with Crippen LogP contribution in [0, 0.1) is 16.2 Å². The van der Waals surface area contributed by atoms with E-state index in [1.165, 1.54) is 46.3 Å². The molecule has 0 fully saturated rings. The molecule has 6 atom stereocenters. The Kier molecular flexibility index (Phi) is 85.9. The van der Waals surface area contributed by atoms with Gasteiger partial charge in [0.05, 0.1) is 36.6 Å². The third-order valence-corrected chi connectivity index (χ3v) is 15.1. The Balaban J connectivity index is -0.000000151. The first-order chi connectivity index (χ1) is 51.3. The second-order valence-corrected chi connectivity index (χ2v) is 24.7. The summed E-state index contributed by atoms with van der Waals surface area (Å²) in [6, 6.07) is 26.1. The number of phenols is 3. The molecule has 6 unspecified atom stereocenters. The number of nitrogens with zero attached hydrogens (tertiary/aromatic N) is 3. The van der Waals surface area contributed by atoms with Crippen LogP contribution in [0.15, 0.2) is 234 Å². The SMILES string of the molecule is C.C.C.CC.CC.CC.CC.CC.CC.CC.CC(C)(C1=CCC(O)C=C1)C1=CCC(O)C=C1.CC(C)(C1=CCC(O)C=C1)C1=CCC(O)C=C1.CC(C)(C1=CCC(O)C=C1)C1=CCC(O)C=C1.CCC.CCC.CCCc1nc(CCC)nc(NCC)n1.Oc1ccccc1.Oc1ccccc1.Oc1ccccc1. The van der Waals surface area contributed by atoms with Crippen LogP contribution in [0.5, 0.6) is 17.2 Å². The maximum Gasteiger partial charge on any atom is 0.226 e. The zero-order chi connectivity index (χ0) is 83.2. The third kappa shape index (κ3) is 55.8. The standard InChI is InChI=1S/3C15H20O2.C11H20N4.3C6H6O.2C3H8.7C2H6.3CH4/c3*1-15(2,11-3-7-13(16)8-4-11)12-5-9-14(17)10-6-12;1-4-7-9-13-10(8-5-2)15-11(14-9)12-6-3;3*7-6-4-2-1-3-5-6;2*1-3-2;7*1-2;;;/h3*3-7,9,13-14,16-17H,8,10H2,1-2H3;4-8H2,1-3H3,(H,12,13,14,15);3*1-5,7H;2*3H2,1-2H3;7*1-2H3;3*1H4. The monoisotopic (exact) mass is 1530 g/mol. The Labute approximate surface area is 676 Å².